The van der Waals surface area contributed by atoms with Crippen LogP contribution < -0.4 is 0 Å². The molecule has 6 aromatic rings. The first-order valence-corrected chi connectivity index (χ1v) is 15.3. The Kier molecular flexibility index (Phi) is 10.5. The molecule has 0 saturated carbocycles. The van der Waals surface area contributed by atoms with Gasteiger partial charge in [0.05, 0.1) is 5.82 Å². The Bertz CT molecular complexity index is 1700. The number of hydrogen-bond donors (Lipinski definition) is 0. The molecule has 0 N–H and O–H groups in total. The quantitative estimate of drug-likeness (QED) is 0.167. The summed E-state index contributed by atoms with van der Waals surface area (Å²) in [6.07, 6.45) is 3.99. The zero-order chi connectivity index (χ0) is 31.5. The van der Waals surface area contributed by atoms with Crippen LogP contribution >= 0.6 is 0 Å². The Morgan fingerprint density at radius 3 is 1.53 bits per heavy atom. The summed E-state index contributed by atoms with van der Waals surface area (Å²) in [6, 6.07) is 38.9. The number of nitrogens with zero attached hydrogens (tertiary/aromatic N) is 4. The molecule has 0 saturated heterocycles. The monoisotopic (exact) mass is 772 g/mol. The van der Waals surface area contributed by atoms with Gasteiger partial charge in [0.25, 0.3) is 0 Å². The van der Waals surface area contributed by atoms with Crippen molar-refractivity contribution in [2.45, 2.75) is 66.2 Å². The number of rotatable bonds is 4. The summed E-state index contributed by atoms with van der Waals surface area (Å²) in [5.41, 5.74) is 9.40. The molecular weight excluding hydrogens is 729 g/mol. The Morgan fingerprint density at radius 2 is 1.04 bits per heavy atom. The average Bonchev–Trinajstić information content (AvgIpc) is 3.65. The van der Waals surface area contributed by atoms with Crippen LogP contribution in [0.4, 0.5) is 0 Å². The van der Waals surface area contributed by atoms with Gasteiger partial charge in [0.2, 0.25) is 0 Å². The summed E-state index contributed by atoms with van der Waals surface area (Å²) in [4.78, 5) is 9.44. The van der Waals surface area contributed by atoms with E-state index < -0.39 is 0 Å². The van der Waals surface area contributed by atoms with E-state index in [9.17, 15) is 0 Å². The number of para-hydroxylation sites is 2. The number of benzene rings is 4. The molecule has 0 fully saturated rings. The number of aromatic nitrogens is 4. The molecule has 45 heavy (non-hydrogen) atoms. The summed E-state index contributed by atoms with van der Waals surface area (Å²) in [7, 11) is 0. The summed E-state index contributed by atoms with van der Waals surface area (Å²) < 4.78 is 4.51. The molecule has 0 aliphatic carbocycles. The summed E-state index contributed by atoms with van der Waals surface area (Å²) in [6.45, 7) is 17.5. The van der Waals surface area contributed by atoms with Crippen LogP contribution in [0, 0.1) is 19.9 Å². The van der Waals surface area contributed by atoms with Gasteiger partial charge < -0.3 is 4.57 Å². The zero-order valence-corrected chi connectivity index (χ0v) is 30.0. The smallest absolute Gasteiger partial charge is 0.144 e. The summed E-state index contributed by atoms with van der Waals surface area (Å²) in [5.74, 6) is 1.94. The second kappa shape index (κ2) is 13.9. The largest absolute Gasteiger partial charge is 0.337 e. The van der Waals surface area contributed by atoms with Crippen LogP contribution in [0.2, 0.25) is 0 Å². The van der Waals surface area contributed by atoms with E-state index in [2.05, 4.69) is 156 Å². The van der Waals surface area contributed by atoms with Crippen molar-refractivity contribution in [3.8, 4) is 34.2 Å². The van der Waals surface area contributed by atoms with Crippen LogP contribution in [-0.2, 0) is 30.9 Å². The molecule has 2 aromatic heterocycles. The van der Waals surface area contributed by atoms with Crippen LogP contribution in [0.3, 0.4) is 0 Å². The first kappa shape index (κ1) is 33.8. The van der Waals surface area contributed by atoms with Gasteiger partial charge in [0.15, 0.2) is 0 Å². The van der Waals surface area contributed by atoms with E-state index in [1.165, 1.54) is 22.5 Å². The molecule has 0 atom stereocenters. The van der Waals surface area contributed by atoms with Gasteiger partial charge in [0.1, 0.15) is 5.82 Å². The molecule has 0 aliphatic rings. The van der Waals surface area contributed by atoms with E-state index >= 15 is 0 Å². The van der Waals surface area contributed by atoms with Gasteiger partial charge >= 0.3 is 0 Å². The van der Waals surface area contributed by atoms with Gasteiger partial charge in [-0.15, -0.1) is 35.4 Å². The van der Waals surface area contributed by atoms with Gasteiger partial charge in [-0.1, -0.05) is 109 Å². The molecule has 0 aliphatic heterocycles. The van der Waals surface area contributed by atoms with E-state index in [1.54, 1.807) is 0 Å². The molecular formula is C40H43IrN4-. The van der Waals surface area contributed by atoms with Gasteiger partial charge in [-0.3, -0.25) is 9.55 Å². The van der Waals surface area contributed by atoms with Crippen molar-refractivity contribution in [1.82, 2.24) is 19.1 Å². The number of hydrogen-bond acceptors (Lipinski definition) is 2. The molecule has 2 heterocycles. The molecule has 4 aromatic carbocycles. The van der Waals surface area contributed by atoms with Crippen LogP contribution in [0.5, 0.6) is 0 Å². The maximum Gasteiger partial charge on any atom is 0.144 e. The molecule has 0 unspecified atom stereocenters. The van der Waals surface area contributed by atoms with Gasteiger partial charge in [-0.2, -0.15) is 0 Å². The predicted octanol–water partition coefficient (Wildman–Crippen LogP) is 10.1. The minimum Gasteiger partial charge on any atom is -0.337 e. The van der Waals surface area contributed by atoms with Crippen molar-refractivity contribution in [3.05, 3.63) is 144 Å². The van der Waals surface area contributed by atoms with Crippen molar-refractivity contribution in [1.29, 1.82) is 0 Å². The van der Waals surface area contributed by atoms with Crippen molar-refractivity contribution < 1.29 is 20.1 Å². The minimum absolute atomic E-state index is 0. The normalized spacial score (nSPS) is 11.4. The second-order valence-corrected chi connectivity index (χ2v) is 13.4. The molecule has 5 heteroatoms. The topological polar surface area (TPSA) is 35.6 Å². The third-order valence-electron chi connectivity index (χ3n) is 7.56. The second-order valence-electron chi connectivity index (χ2n) is 13.4. The van der Waals surface area contributed by atoms with Gasteiger partial charge in [-0.25, -0.2) is 4.98 Å². The van der Waals surface area contributed by atoms with E-state index in [0.717, 1.165) is 34.2 Å². The van der Waals surface area contributed by atoms with E-state index in [-0.39, 0.29) is 30.9 Å². The fraction of sp³-hybridized carbons (Fsp3) is 0.250. The Morgan fingerprint density at radius 1 is 0.556 bits per heavy atom. The van der Waals surface area contributed by atoms with Crippen LogP contribution in [-0.4, -0.2) is 19.1 Å². The SMILES string of the molecule is Cc1cc[c-]c(-c2ncc(C(C)(C)C)n2-c2ccccc2)c1.Cc1cccc(-c2ncc(C(C)(C)C)n2-c2ccccc2)c1.[Ir]. The Labute approximate surface area is 282 Å². The Balaban J connectivity index is 0.000000200. The molecule has 4 nitrogen and oxygen atoms in total. The van der Waals surface area contributed by atoms with E-state index in [1.807, 2.05) is 30.6 Å². The maximum atomic E-state index is 4.73. The molecule has 0 amide bonds. The third-order valence-corrected chi connectivity index (χ3v) is 7.56. The van der Waals surface area contributed by atoms with Crippen molar-refractivity contribution in [3.63, 3.8) is 0 Å². The first-order chi connectivity index (χ1) is 20.9. The molecule has 6 rings (SSSR count). The van der Waals surface area contributed by atoms with Crippen LogP contribution in [0.1, 0.15) is 64.1 Å². The fourth-order valence-corrected chi connectivity index (χ4v) is 5.33. The molecule has 233 valence electrons. The maximum absolute atomic E-state index is 4.73. The van der Waals surface area contributed by atoms with Gasteiger partial charge in [0, 0.05) is 71.7 Å². The molecule has 0 bridgehead atoms. The number of imidazole rings is 2. The van der Waals surface area contributed by atoms with Crippen molar-refractivity contribution >= 4 is 0 Å². The zero-order valence-electron chi connectivity index (χ0n) is 27.6. The van der Waals surface area contributed by atoms with E-state index in [4.69, 9.17) is 9.97 Å². The first-order valence-electron chi connectivity index (χ1n) is 15.3. The van der Waals surface area contributed by atoms with Gasteiger partial charge in [-0.05, 0) is 37.3 Å². The summed E-state index contributed by atoms with van der Waals surface area (Å²) >= 11 is 0. The van der Waals surface area contributed by atoms with Crippen molar-refractivity contribution in [2.75, 3.05) is 0 Å². The van der Waals surface area contributed by atoms with Crippen LogP contribution in [0.15, 0.2) is 116 Å². The third kappa shape index (κ3) is 7.79. The molecule has 1 radical (unpaired) electrons. The standard InChI is InChI=1S/C20H22N2.C20H21N2.Ir/c2*1-15-9-8-10-16(13-15)19-21-14-18(20(2,3)4)22(19)17-11-6-5-7-12-17;/h5-14H,1-4H3;5-9,11-14H,1-4H3;/q;-1;. The average molecular weight is 772 g/mol. The predicted molar refractivity (Wildman–Crippen MR) is 184 cm³/mol. The Hall–Kier alpha value is -4.05. The van der Waals surface area contributed by atoms with Crippen LogP contribution in [0.25, 0.3) is 34.2 Å². The minimum atomic E-state index is 0. The fourth-order valence-electron chi connectivity index (χ4n) is 5.33. The summed E-state index contributed by atoms with van der Waals surface area (Å²) in [5, 5.41) is 0. The van der Waals surface area contributed by atoms with E-state index in [0.29, 0.717) is 0 Å². The number of aryl methyl sites for hydroxylation is 2. The van der Waals surface area contributed by atoms with Crippen molar-refractivity contribution in [2.24, 2.45) is 0 Å². The molecule has 0 spiro atoms.